The molecule has 0 fully saturated rings. The Bertz CT molecular complexity index is 413. The van der Waals surface area contributed by atoms with Crippen molar-refractivity contribution in [3.63, 3.8) is 0 Å². The van der Waals surface area contributed by atoms with E-state index >= 15 is 0 Å². The molecule has 0 unspecified atom stereocenters. The predicted octanol–water partition coefficient (Wildman–Crippen LogP) is 1.53. The molecule has 0 aromatic carbocycles. The molecule has 2 heterocycles. The Morgan fingerprint density at radius 3 is 2.93 bits per heavy atom. The molecule has 0 aliphatic rings. The fourth-order valence-electron chi connectivity index (χ4n) is 1.24. The Hall–Kier alpha value is -1.33. The van der Waals surface area contributed by atoms with E-state index in [1.165, 1.54) is 0 Å². The van der Waals surface area contributed by atoms with Crippen LogP contribution in [0.25, 0.3) is 0 Å². The van der Waals surface area contributed by atoms with Crippen LogP contribution in [-0.2, 0) is 13.1 Å². The molecule has 2 rings (SSSR count). The van der Waals surface area contributed by atoms with E-state index in [2.05, 4.69) is 20.3 Å². The molecule has 0 aliphatic carbocycles. The first-order valence-corrected chi connectivity index (χ1v) is 5.60. The van der Waals surface area contributed by atoms with E-state index in [-0.39, 0.29) is 0 Å². The Kier molecular flexibility index (Phi) is 3.37. The van der Waals surface area contributed by atoms with E-state index in [4.69, 9.17) is 0 Å². The maximum atomic E-state index is 4.30. The van der Waals surface area contributed by atoms with E-state index in [9.17, 15) is 0 Å². The van der Waals surface area contributed by atoms with E-state index in [1.54, 1.807) is 17.5 Å². The molecule has 0 aliphatic heterocycles. The Balaban J connectivity index is 1.83. The van der Waals surface area contributed by atoms with Gasteiger partial charge in [-0.05, 0) is 13.0 Å². The van der Waals surface area contributed by atoms with E-state index < -0.39 is 0 Å². The van der Waals surface area contributed by atoms with Crippen molar-refractivity contribution in [2.24, 2.45) is 0 Å². The van der Waals surface area contributed by atoms with Crippen molar-refractivity contribution in [1.82, 2.24) is 20.3 Å². The summed E-state index contributed by atoms with van der Waals surface area (Å²) in [5.74, 6) is 0.809. The van der Waals surface area contributed by atoms with Crippen LogP contribution in [0.4, 0.5) is 0 Å². The molecule has 0 amide bonds. The van der Waals surface area contributed by atoms with Crippen LogP contribution in [0.15, 0.2) is 23.8 Å². The number of aromatic nitrogens is 3. The summed E-state index contributed by atoms with van der Waals surface area (Å²) in [6.07, 6.45) is 3.60. The van der Waals surface area contributed by atoms with Crippen LogP contribution in [-0.4, -0.2) is 15.0 Å². The lowest BCUT2D eigenvalue weighted by molar-refractivity contribution is 0.672. The first-order valence-electron chi connectivity index (χ1n) is 4.72. The van der Waals surface area contributed by atoms with Crippen molar-refractivity contribution in [2.75, 3.05) is 0 Å². The molecule has 4 nitrogen and oxygen atoms in total. The number of hydrogen-bond donors (Lipinski definition) is 1. The van der Waals surface area contributed by atoms with Gasteiger partial charge in [0.05, 0.1) is 5.69 Å². The molecule has 1 N–H and O–H groups in total. The van der Waals surface area contributed by atoms with Gasteiger partial charge in [-0.3, -0.25) is 0 Å². The first kappa shape index (κ1) is 10.2. The Morgan fingerprint density at radius 2 is 2.20 bits per heavy atom. The van der Waals surface area contributed by atoms with Gasteiger partial charge in [-0.15, -0.1) is 11.3 Å². The third kappa shape index (κ3) is 3.07. The molecule has 15 heavy (non-hydrogen) atoms. The highest BCUT2D eigenvalue weighted by atomic mass is 32.1. The van der Waals surface area contributed by atoms with Crippen molar-refractivity contribution in [2.45, 2.75) is 20.0 Å². The normalized spacial score (nSPS) is 10.5. The molecule has 0 atom stereocenters. The lowest BCUT2D eigenvalue weighted by Gasteiger charge is -2.02. The van der Waals surface area contributed by atoms with Crippen LogP contribution < -0.4 is 5.32 Å². The van der Waals surface area contributed by atoms with Crippen molar-refractivity contribution < 1.29 is 0 Å². The van der Waals surface area contributed by atoms with Gasteiger partial charge >= 0.3 is 0 Å². The van der Waals surface area contributed by atoms with Crippen molar-refractivity contribution in [1.29, 1.82) is 0 Å². The molecule has 0 saturated carbocycles. The number of aryl methyl sites for hydroxylation is 1. The van der Waals surface area contributed by atoms with Crippen molar-refractivity contribution in [3.05, 3.63) is 40.4 Å². The summed E-state index contributed by atoms with van der Waals surface area (Å²) in [5.41, 5.74) is 1.01. The summed E-state index contributed by atoms with van der Waals surface area (Å²) in [6, 6.07) is 1.92. The average molecular weight is 220 g/mol. The molecule has 0 saturated heterocycles. The quantitative estimate of drug-likeness (QED) is 0.849. The summed E-state index contributed by atoms with van der Waals surface area (Å²) in [5, 5.41) is 6.36. The molecule has 78 valence electrons. The number of nitrogens with one attached hydrogen (secondary N) is 1. The average Bonchev–Trinajstić information content (AvgIpc) is 2.71. The van der Waals surface area contributed by atoms with E-state index in [0.29, 0.717) is 0 Å². The van der Waals surface area contributed by atoms with Gasteiger partial charge in [0.25, 0.3) is 0 Å². The monoisotopic (exact) mass is 220 g/mol. The zero-order valence-corrected chi connectivity index (χ0v) is 9.29. The predicted molar refractivity (Wildman–Crippen MR) is 59.4 cm³/mol. The maximum absolute atomic E-state index is 4.30. The van der Waals surface area contributed by atoms with Crippen molar-refractivity contribution >= 4 is 11.3 Å². The SMILES string of the molecule is Cc1nccc(CNCc2nccs2)n1. The lowest BCUT2D eigenvalue weighted by atomic mass is 10.4. The maximum Gasteiger partial charge on any atom is 0.125 e. The highest BCUT2D eigenvalue weighted by Gasteiger charge is 1.97. The number of thiazole rings is 1. The Labute approximate surface area is 92.4 Å². The minimum atomic E-state index is 0.753. The first-order chi connectivity index (χ1) is 7.34. The van der Waals surface area contributed by atoms with Gasteiger partial charge in [-0.1, -0.05) is 0 Å². The fourth-order valence-corrected chi connectivity index (χ4v) is 1.83. The summed E-state index contributed by atoms with van der Waals surface area (Å²) in [7, 11) is 0. The van der Waals surface area contributed by atoms with E-state index in [0.717, 1.165) is 29.6 Å². The van der Waals surface area contributed by atoms with Gasteiger partial charge in [0.1, 0.15) is 10.8 Å². The second-order valence-corrected chi connectivity index (χ2v) is 4.10. The van der Waals surface area contributed by atoms with Crippen LogP contribution >= 0.6 is 11.3 Å². The third-order valence-electron chi connectivity index (χ3n) is 1.90. The van der Waals surface area contributed by atoms with Gasteiger partial charge in [0.15, 0.2) is 0 Å². The van der Waals surface area contributed by atoms with Gasteiger partial charge in [-0.2, -0.15) is 0 Å². The molecular weight excluding hydrogens is 208 g/mol. The van der Waals surface area contributed by atoms with E-state index in [1.807, 2.05) is 24.6 Å². The summed E-state index contributed by atoms with van der Waals surface area (Å²) >= 11 is 1.65. The zero-order chi connectivity index (χ0) is 10.5. The number of rotatable bonds is 4. The largest absolute Gasteiger partial charge is 0.305 e. The van der Waals surface area contributed by atoms with Gasteiger partial charge in [0, 0.05) is 30.9 Å². The van der Waals surface area contributed by atoms with Crippen LogP contribution in [0.1, 0.15) is 16.5 Å². The molecule has 5 heteroatoms. The van der Waals surface area contributed by atoms with Crippen LogP contribution in [0, 0.1) is 6.92 Å². The minimum Gasteiger partial charge on any atom is -0.305 e. The molecule has 0 bridgehead atoms. The number of nitrogens with zero attached hydrogens (tertiary/aromatic N) is 3. The van der Waals surface area contributed by atoms with Gasteiger partial charge < -0.3 is 5.32 Å². The van der Waals surface area contributed by atoms with Crippen LogP contribution in [0.5, 0.6) is 0 Å². The second kappa shape index (κ2) is 4.95. The topological polar surface area (TPSA) is 50.7 Å². The molecule has 2 aromatic heterocycles. The summed E-state index contributed by atoms with van der Waals surface area (Å²) in [6.45, 7) is 3.44. The highest BCUT2D eigenvalue weighted by Crippen LogP contribution is 2.03. The van der Waals surface area contributed by atoms with Crippen LogP contribution in [0.2, 0.25) is 0 Å². The Morgan fingerprint density at radius 1 is 1.27 bits per heavy atom. The fraction of sp³-hybridized carbons (Fsp3) is 0.300. The number of hydrogen-bond acceptors (Lipinski definition) is 5. The van der Waals surface area contributed by atoms with Gasteiger partial charge in [-0.25, -0.2) is 15.0 Å². The lowest BCUT2D eigenvalue weighted by Crippen LogP contribution is -2.13. The standard InChI is InChI=1S/C10H12N4S/c1-8-12-3-2-9(14-8)6-11-7-10-13-4-5-15-10/h2-5,11H,6-7H2,1H3. The molecule has 0 radical (unpaired) electrons. The smallest absolute Gasteiger partial charge is 0.125 e. The second-order valence-electron chi connectivity index (χ2n) is 3.12. The highest BCUT2D eigenvalue weighted by molar-refractivity contribution is 7.09. The molecule has 2 aromatic rings. The summed E-state index contributed by atoms with van der Waals surface area (Å²) < 4.78 is 0. The third-order valence-corrected chi connectivity index (χ3v) is 2.68. The molecule has 0 spiro atoms. The minimum absolute atomic E-state index is 0.753. The van der Waals surface area contributed by atoms with Gasteiger partial charge in [0.2, 0.25) is 0 Å². The zero-order valence-electron chi connectivity index (χ0n) is 8.47. The van der Waals surface area contributed by atoms with Crippen molar-refractivity contribution in [3.8, 4) is 0 Å². The molecular formula is C10H12N4S. The van der Waals surface area contributed by atoms with Crippen LogP contribution in [0.3, 0.4) is 0 Å². The summed E-state index contributed by atoms with van der Waals surface area (Å²) in [4.78, 5) is 12.5.